The fraction of sp³-hybridized carbons (Fsp3) is 0.286. The zero-order valence-corrected chi connectivity index (χ0v) is 15.0. The topological polar surface area (TPSA) is 115 Å². The third-order valence-corrected chi connectivity index (χ3v) is 4.82. The first kappa shape index (κ1) is 17.5. The number of rotatable bonds is 5. The fourth-order valence-electron chi connectivity index (χ4n) is 2.18. The molecule has 1 aromatic carbocycles. The number of halogens is 1. The SMILES string of the molecule is CCn1ncc(C(=O)c2ccc(Br)c(N)c2CS(C)(=O)=O)c1O. The number of nitrogens with zero attached hydrogens (tertiary/aromatic N) is 2. The standard InChI is InChI=1S/C14H16BrN3O4S/c1-3-18-14(20)9(6-17-18)13(19)8-4-5-11(15)12(16)10(8)7-23(2,21)22/h4-6,20H,3,7,16H2,1-2H3. The minimum Gasteiger partial charge on any atom is -0.493 e. The molecule has 23 heavy (non-hydrogen) atoms. The third-order valence-electron chi connectivity index (χ3n) is 3.31. The molecule has 3 N–H and O–H groups in total. The number of aromatic hydroxyl groups is 1. The maximum Gasteiger partial charge on any atom is 0.220 e. The predicted octanol–water partition coefficient (Wildman–Crippen LogP) is 1.73. The van der Waals surface area contributed by atoms with Crippen LogP contribution in [0.25, 0.3) is 0 Å². The lowest BCUT2D eigenvalue weighted by molar-refractivity contribution is 0.103. The minimum atomic E-state index is -3.40. The van der Waals surface area contributed by atoms with Crippen LogP contribution >= 0.6 is 15.9 Å². The molecule has 0 unspecified atom stereocenters. The molecule has 0 saturated carbocycles. The van der Waals surface area contributed by atoms with Gasteiger partial charge in [-0.05, 0) is 35.0 Å². The van der Waals surface area contributed by atoms with Crippen molar-refractivity contribution in [3.8, 4) is 5.88 Å². The van der Waals surface area contributed by atoms with Crippen molar-refractivity contribution in [2.45, 2.75) is 19.2 Å². The number of nitrogen functional groups attached to an aromatic ring is 1. The van der Waals surface area contributed by atoms with Gasteiger partial charge in [-0.1, -0.05) is 0 Å². The highest BCUT2D eigenvalue weighted by Gasteiger charge is 2.24. The number of carbonyl (C=O) groups is 1. The Morgan fingerprint density at radius 2 is 2.04 bits per heavy atom. The molecule has 9 heteroatoms. The van der Waals surface area contributed by atoms with Gasteiger partial charge in [-0.3, -0.25) is 4.79 Å². The van der Waals surface area contributed by atoms with Crippen LogP contribution in [-0.4, -0.2) is 35.3 Å². The maximum absolute atomic E-state index is 12.7. The van der Waals surface area contributed by atoms with E-state index in [1.807, 2.05) is 0 Å². The second kappa shape index (κ2) is 6.32. The molecule has 0 amide bonds. The molecule has 0 aliphatic heterocycles. The van der Waals surface area contributed by atoms with Crippen LogP contribution in [0.2, 0.25) is 0 Å². The van der Waals surface area contributed by atoms with Crippen LogP contribution in [-0.2, 0) is 22.1 Å². The van der Waals surface area contributed by atoms with Crippen molar-refractivity contribution >= 4 is 37.2 Å². The molecule has 0 fully saturated rings. The molecule has 2 aromatic rings. The van der Waals surface area contributed by atoms with E-state index in [0.29, 0.717) is 11.0 Å². The van der Waals surface area contributed by atoms with Crippen LogP contribution in [0.3, 0.4) is 0 Å². The second-order valence-corrected chi connectivity index (χ2v) is 8.08. The average Bonchev–Trinajstić information content (AvgIpc) is 2.83. The number of hydrogen-bond donors (Lipinski definition) is 2. The maximum atomic E-state index is 12.7. The van der Waals surface area contributed by atoms with Gasteiger partial charge in [0.15, 0.2) is 15.6 Å². The van der Waals surface area contributed by atoms with Crippen LogP contribution in [0.4, 0.5) is 5.69 Å². The predicted molar refractivity (Wildman–Crippen MR) is 90.1 cm³/mol. The Hall–Kier alpha value is -1.87. The Labute approximate surface area is 142 Å². The molecule has 0 aliphatic rings. The summed E-state index contributed by atoms with van der Waals surface area (Å²) in [7, 11) is -3.40. The van der Waals surface area contributed by atoms with E-state index in [1.165, 1.54) is 16.9 Å². The molecule has 0 atom stereocenters. The number of ketones is 1. The summed E-state index contributed by atoms with van der Waals surface area (Å²) in [4.78, 5) is 12.7. The summed E-state index contributed by atoms with van der Waals surface area (Å²) < 4.78 is 25.1. The highest BCUT2D eigenvalue weighted by atomic mass is 79.9. The van der Waals surface area contributed by atoms with Crippen LogP contribution in [0.5, 0.6) is 5.88 Å². The van der Waals surface area contributed by atoms with Crippen molar-refractivity contribution in [2.75, 3.05) is 12.0 Å². The highest BCUT2D eigenvalue weighted by molar-refractivity contribution is 9.10. The van der Waals surface area contributed by atoms with Gasteiger partial charge in [-0.25, -0.2) is 13.1 Å². The number of nitrogens with two attached hydrogens (primary N) is 1. The van der Waals surface area contributed by atoms with Gasteiger partial charge in [0.05, 0.1) is 17.6 Å². The van der Waals surface area contributed by atoms with Crippen molar-refractivity contribution < 1.29 is 18.3 Å². The lowest BCUT2D eigenvalue weighted by Gasteiger charge is -2.12. The molecule has 1 aromatic heterocycles. The summed E-state index contributed by atoms with van der Waals surface area (Å²) in [5.74, 6) is -1.16. The van der Waals surface area contributed by atoms with Gasteiger partial charge in [0.2, 0.25) is 5.88 Å². The fourth-order valence-corrected chi connectivity index (χ4v) is 3.39. The molecule has 0 saturated heterocycles. The first-order chi connectivity index (χ1) is 10.7. The number of hydrogen-bond acceptors (Lipinski definition) is 6. The van der Waals surface area contributed by atoms with Crippen LogP contribution in [0.1, 0.15) is 28.4 Å². The number of carbonyl (C=O) groups excluding carboxylic acids is 1. The van der Waals surface area contributed by atoms with Crippen molar-refractivity contribution in [2.24, 2.45) is 0 Å². The van der Waals surface area contributed by atoms with Crippen molar-refractivity contribution in [3.05, 3.63) is 39.5 Å². The normalized spacial score (nSPS) is 11.6. The highest BCUT2D eigenvalue weighted by Crippen LogP contribution is 2.31. The van der Waals surface area contributed by atoms with E-state index in [1.54, 1.807) is 13.0 Å². The molecule has 7 nitrogen and oxygen atoms in total. The first-order valence-electron chi connectivity index (χ1n) is 6.69. The third kappa shape index (κ3) is 3.56. The Balaban J connectivity index is 2.60. The van der Waals surface area contributed by atoms with Crippen molar-refractivity contribution in [1.29, 1.82) is 0 Å². The number of aromatic nitrogens is 2. The molecular formula is C14H16BrN3O4S. The van der Waals surface area contributed by atoms with E-state index in [-0.39, 0.29) is 34.0 Å². The smallest absolute Gasteiger partial charge is 0.220 e. The molecule has 0 radical (unpaired) electrons. The van der Waals surface area contributed by atoms with Crippen molar-refractivity contribution in [3.63, 3.8) is 0 Å². The van der Waals surface area contributed by atoms with Gasteiger partial charge in [0.25, 0.3) is 0 Å². The van der Waals surface area contributed by atoms with Crippen LogP contribution in [0, 0.1) is 0 Å². The van der Waals surface area contributed by atoms with E-state index in [0.717, 1.165) is 6.26 Å². The zero-order valence-electron chi connectivity index (χ0n) is 12.6. The lowest BCUT2D eigenvalue weighted by Crippen LogP contribution is -2.12. The number of anilines is 1. The summed E-state index contributed by atoms with van der Waals surface area (Å²) in [5.41, 5.74) is 6.45. The Morgan fingerprint density at radius 3 is 2.57 bits per heavy atom. The van der Waals surface area contributed by atoms with Gasteiger partial charge in [-0.2, -0.15) is 5.10 Å². The van der Waals surface area contributed by atoms with E-state index < -0.39 is 15.6 Å². The molecular weight excluding hydrogens is 386 g/mol. The summed E-state index contributed by atoms with van der Waals surface area (Å²) >= 11 is 3.23. The monoisotopic (exact) mass is 401 g/mol. The summed E-state index contributed by atoms with van der Waals surface area (Å²) in [6.07, 6.45) is 2.32. The Morgan fingerprint density at radius 1 is 1.39 bits per heavy atom. The Bertz CT molecular complexity index is 874. The quantitative estimate of drug-likeness (QED) is 0.582. The number of benzene rings is 1. The van der Waals surface area contributed by atoms with Crippen molar-refractivity contribution in [1.82, 2.24) is 9.78 Å². The molecule has 0 spiro atoms. The second-order valence-electron chi connectivity index (χ2n) is 5.08. The zero-order chi connectivity index (χ0) is 17.4. The Kier molecular flexibility index (Phi) is 4.81. The summed E-state index contributed by atoms with van der Waals surface area (Å²) in [5, 5.41) is 13.9. The van der Waals surface area contributed by atoms with Gasteiger partial charge < -0.3 is 10.8 Å². The largest absolute Gasteiger partial charge is 0.493 e. The minimum absolute atomic E-state index is 0.00308. The van der Waals surface area contributed by atoms with Gasteiger partial charge in [0.1, 0.15) is 5.56 Å². The van der Waals surface area contributed by atoms with Gasteiger partial charge >= 0.3 is 0 Å². The summed E-state index contributed by atoms with van der Waals surface area (Å²) in [6, 6.07) is 3.04. The van der Waals surface area contributed by atoms with Crippen LogP contribution in [0.15, 0.2) is 22.8 Å². The van der Waals surface area contributed by atoms with E-state index in [4.69, 9.17) is 5.73 Å². The summed E-state index contributed by atoms with van der Waals surface area (Å²) in [6.45, 7) is 2.17. The number of aryl methyl sites for hydroxylation is 1. The lowest BCUT2D eigenvalue weighted by atomic mass is 9.99. The van der Waals surface area contributed by atoms with E-state index >= 15 is 0 Å². The average molecular weight is 402 g/mol. The molecule has 124 valence electrons. The molecule has 2 rings (SSSR count). The molecule has 0 bridgehead atoms. The van der Waals surface area contributed by atoms with Crippen LogP contribution < -0.4 is 5.73 Å². The molecule has 1 heterocycles. The van der Waals surface area contributed by atoms with Gasteiger partial charge in [0, 0.05) is 28.4 Å². The molecule has 0 aliphatic carbocycles. The number of sulfone groups is 1. The first-order valence-corrected chi connectivity index (χ1v) is 9.55. The van der Waals surface area contributed by atoms with E-state index in [2.05, 4.69) is 21.0 Å². The van der Waals surface area contributed by atoms with E-state index in [9.17, 15) is 18.3 Å². The van der Waals surface area contributed by atoms with Gasteiger partial charge in [-0.15, -0.1) is 0 Å².